The second-order valence-corrected chi connectivity index (χ2v) is 19.7. The minimum atomic E-state index is -4.42. The molecule has 2 fully saturated rings. The lowest BCUT2D eigenvalue weighted by Gasteiger charge is -2.26. The first-order chi connectivity index (χ1) is 25.4. The van der Waals surface area contributed by atoms with Gasteiger partial charge in [-0.25, -0.2) is 0 Å². The van der Waals surface area contributed by atoms with Crippen molar-refractivity contribution < 1.29 is 50.9 Å². The number of ether oxygens (including phenoxy) is 4. The van der Waals surface area contributed by atoms with Gasteiger partial charge >= 0.3 is 0 Å². The molecular formula is C38H51N2O11PS. The van der Waals surface area contributed by atoms with Gasteiger partial charge in [-0.1, -0.05) is 13.3 Å². The van der Waals surface area contributed by atoms with Crippen LogP contribution in [-0.2, 0) is 32.3 Å². The lowest BCUT2D eigenvalue weighted by Crippen LogP contribution is -2.44. The molecule has 13 nitrogen and oxygen atoms in total. The molecule has 0 spiro atoms. The molecule has 2 aromatic carbocycles. The largest absolute Gasteiger partial charge is 0.493 e. The molecule has 0 aliphatic carbocycles. The number of rotatable bonds is 16. The second-order valence-electron chi connectivity index (χ2n) is 14.6. The molecule has 6 rings (SSSR count). The molecule has 2 amide bonds. The van der Waals surface area contributed by atoms with Crippen LogP contribution in [0.3, 0.4) is 0 Å². The lowest BCUT2D eigenvalue weighted by atomic mass is 9.99. The van der Waals surface area contributed by atoms with Crippen molar-refractivity contribution in [3.8, 4) is 23.0 Å². The highest BCUT2D eigenvalue weighted by molar-refractivity contribution is 7.86. The minimum absolute atomic E-state index is 0.0254. The van der Waals surface area contributed by atoms with Crippen molar-refractivity contribution in [1.82, 2.24) is 9.80 Å². The van der Waals surface area contributed by atoms with Gasteiger partial charge in [0.25, 0.3) is 21.9 Å². The van der Waals surface area contributed by atoms with Crippen LogP contribution >= 0.6 is 7.14 Å². The minimum Gasteiger partial charge on any atom is -0.493 e. The molecule has 1 N–H and O–H groups in total. The number of nitrogens with zero attached hydrogens (tertiary/aromatic N) is 2. The van der Waals surface area contributed by atoms with E-state index in [0.717, 1.165) is 19.3 Å². The molecule has 53 heavy (non-hydrogen) atoms. The van der Waals surface area contributed by atoms with Crippen LogP contribution in [0.1, 0.15) is 90.1 Å². The van der Waals surface area contributed by atoms with Crippen molar-refractivity contribution in [2.24, 2.45) is 0 Å². The fourth-order valence-corrected chi connectivity index (χ4v) is 12.4. The predicted octanol–water partition coefficient (Wildman–Crippen LogP) is 5.25. The van der Waals surface area contributed by atoms with Crippen molar-refractivity contribution in [2.75, 3.05) is 59.0 Å². The number of carbonyl (C=O) groups excluding carboxylic acids is 3. The van der Waals surface area contributed by atoms with Crippen LogP contribution in [-0.4, -0.2) is 117 Å². The van der Waals surface area contributed by atoms with Crippen molar-refractivity contribution in [2.45, 2.75) is 88.5 Å². The summed E-state index contributed by atoms with van der Waals surface area (Å²) in [6.07, 6.45) is 7.14. The summed E-state index contributed by atoms with van der Waals surface area (Å²) in [5.41, 5.74) is 1.92. The molecule has 4 atom stereocenters. The smallest absolute Gasteiger partial charge is 0.270 e. The SMILES string of the molecule is CCCCP(=O)(CCCOc1cc2c(cc1OC)C(=O)N1CCC[C@H]1C(=O)C2)CCCOc1cc2c(cc1OC)C(=O)N1CCC[C@H]1C(S(=O)(=O)O)C2. The Morgan fingerprint density at radius 2 is 1.32 bits per heavy atom. The summed E-state index contributed by atoms with van der Waals surface area (Å²) in [5, 5.41) is -1.13. The predicted molar refractivity (Wildman–Crippen MR) is 199 cm³/mol. The normalized spacial score (nSPS) is 22.3. The molecule has 0 bridgehead atoms. The van der Waals surface area contributed by atoms with Gasteiger partial charge in [0, 0.05) is 49.1 Å². The molecule has 0 radical (unpaired) electrons. The van der Waals surface area contributed by atoms with Crippen molar-refractivity contribution in [1.29, 1.82) is 0 Å². The molecule has 4 aliphatic heterocycles. The van der Waals surface area contributed by atoms with Crippen LogP contribution in [0.15, 0.2) is 24.3 Å². The molecule has 290 valence electrons. The Kier molecular flexibility index (Phi) is 12.1. The van der Waals surface area contributed by atoms with E-state index in [1.807, 2.05) is 0 Å². The monoisotopic (exact) mass is 774 g/mol. The van der Waals surface area contributed by atoms with Gasteiger partial charge in [0.1, 0.15) is 5.25 Å². The Bertz CT molecular complexity index is 1880. The maximum absolute atomic E-state index is 14.2. The molecule has 0 saturated carbocycles. The van der Waals surface area contributed by atoms with E-state index in [1.54, 1.807) is 34.1 Å². The van der Waals surface area contributed by atoms with Crippen molar-refractivity contribution in [3.63, 3.8) is 0 Å². The number of Topliss-reactive ketones (excluding diaryl/α,β-unsaturated/α-hetero) is 1. The molecule has 4 heterocycles. The summed E-state index contributed by atoms with van der Waals surface area (Å²) in [6.45, 7) is 3.57. The highest BCUT2D eigenvalue weighted by atomic mass is 32.2. The third kappa shape index (κ3) is 8.39. The third-order valence-corrected chi connectivity index (χ3v) is 15.8. The van der Waals surface area contributed by atoms with E-state index in [9.17, 15) is 31.9 Å². The molecule has 4 aliphatic rings. The first-order valence-electron chi connectivity index (χ1n) is 18.7. The average molecular weight is 775 g/mol. The summed E-state index contributed by atoms with van der Waals surface area (Å²) in [5.74, 6) is 1.15. The standard InChI is InChI=1S/C38H51N2O11PS/c1-4-5-16-52(44,17-8-14-50-34-20-25-19-31(41)29-10-6-12-39(29)37(42)27(25)23-32(34)48-2)18-9-15-51-35-21-26-22-36(53(45,46)47)30-11-7-13-40(30)38(43)28(26)24-33(35)49-3/h20-21,23-24,29-30,36H,4-19,22H2,1-3H3,(H,45,46,47)/t29-,30-,36?,52?/m0/s1. The third-order valence-electron chi connectivity index (χ3n) is 11.1. The number of benzene rings is 2. The molecular weight excluding hydrogens is 723 g/mol. The summed E-state index contributed by atoms with van der Waals surface area (Å²) in [7, 11) is -4.04. The van der Waals surface area contributed by atoms with Crippen LogP contribution in [0.2, 0.25) is 0 Å². The Morgan fingerprint density at radius 1 is 0.774 bits per heavy atom. The van der Waals surface area contributed by atoms with Crippen LogP contribution in [0.5, 0.6) is 23.0 Å². The highest BCUT2D eigenvalue weighted by Crippen LogP contribution is 2.48. The Balaban J connectivity index is 1.07. The summed E-state index contributed by atoms with van der Waals surface area (Å²) < 4.78 is 72.4. The molecule has 0 aromatic heterocycles. The molecule has 2 unspecified atom stereocenters. The zero-order valence-electron chi connectivity index (χ0n) is 30.8. The zero-order valence-corrected chi connectivity index (χ0v) is 32.6. The van der Waals surface area contributed by atoms with E-state index >= 15 is 0 Å². The average Bonchev–Trinajstić information content (AvgIpc) is 3.79. The lowest BCUT2D eigenvalue weighted by molar-refractivity contribution is -0.121. The zero-order chi connectivity index (χ0) is 37.9. The van der Waals surface area contributed by atoms with E-state index in [4.69, 9.17) is 18.9 Å². The Morgan fingerprint density at radius 3 is 1.92 bits per heavy atom. The number of amides is 2. The summed E-state index contributed by atoms with van der Waals surface area (Å²) >= 11 is 0. The number of methoxy groups -OCH3 is 2. The molecule has 15 heteroatoms. The maximum Gasteiger partial charge on any atom is 0.270 e. The van der Waals surface area contributed by atoms with Crippen LogP contribution in [0.25, 0.3) is 0 Å². The number of fused-ring (bicyclic) bond motifs is 4. The van der Waals surface area contributed by atoms with Gasteiger partial charge in [-0.2, -0.15) is 8.42 Å². The highest BCUT2D eigenvalue weighted by Gasteiger charge is 2.45. The topological polar surface area (TPSA) is 166 Å². The first-order valence-corrected chi connectivity index (χ1v) is 22.5. The maximum atomic E-state index is 14.2. The van der Waals surface area contributed by atoms with Gasteiger partial charge in [-0.15, -0.1) is 0 Å². The van der Waals surface area contributed by atoms with Gasteiger partial charge < -0.3 is 33.3 Å². The van der Waals surface area contributed by atoms with Crippen molar-refractivity contribution in [3.05, 3.63) is 46.5 Å². The van der Waals surface area contributed by atoms with E-state index in [2.05, 4.69) is 6.92 Å². The second kappa shape index (κ2) is 16.4. The quantitative estimate of drug-likeness (QED) is 0.135. The fourth-order valence-electron chi connectivity index (χ4n) is 8.36. The van der Waals surface area contributed by atoms with Gasteiger partial charge in [0.2, 0.25) is 0 Å². The van der Waals surface area contributed by atoms with E-state index < -0.39 is 28.6 Å². The van der Waals surface area contributed by atoms with Crippen molar-refractivity contribution >= 4 is 34.9 Å². The molecule has 2 aromatic rings. The Labute approximate surface area is 311 Å². The summed E-state index contributed by atoms with van der Waals surface area (Å²) in [4.78, 5) is 42.9. The number of hydrogen-bond acceptors (Lipinski definition) is 10. The van der Waals surface area contributed by atoms with E-state index in [1.165, 1.54) is 14.2 Å². The summed E-state index contributed by atoms with van der Waals surface area (Å²) in [6, 6.07) is 5.65. The number of ketones is 1. The van der Waals surface area contributed by atoms with Crippen LogP contribution in [0, 0.1) is 0 Å². The van der Waals surface area contributed by atoms with Gasteiger partial charge in [-0.05, 0) is 86.8 Å². The number of unbranched alkanes of at least 4 members (excludes halogenated alkanes) is 1. The van der Waals surface area contributed by atoms with Crippen LogP contribution in [0.4, 0.5) is 0 Å². The number of carbonyl (C=O) groups is 3. The molecule has 2 saturated heterocycles. The fraction of sp³-hybridized carbons (Fsp3) is 0.605. The van der Waals surface area contributed by atoms with Gasteiger partial charge in [0.15, 0.2) is 28.8 Å². The van der Waals surface area contributed by atoms with Crippen LogP contribution < -0.4 is 18.9 Å². The van der Waals surface area contributed by atoms with E-state index in [-0.39, 0.29) is 49.7 Å². The van der Waals surface area contributed by atoms with Gasteiger partial charge in [-0.3, -0.25) is 18.9 Å². The Hall–Kier alpha value is -3.61. The first kappa shape index (κ1) is 39.1. The van der Waals surface area contributed by atoms with E-state index in [0.29, 0.717) is 109 Å². The number of hydrogen-bond donors (Lipinski definition) is 1. The van der Waals surface area contributed by atoms with Gasteiger partial charge in [0.05, 0.1) is 46.7 Å².